The molecule has 0 radical (unpaired) electrons. The average molecular weight is 368 g/mol. The summed E-state index contributed by atoms with van der Waals surface area (Å²) in [6.45, 7) is 0.462. The number of rotatable bonds is 4. The summed E-state index contributed by atoms with van der Waals surface area (Å²) in [4.78, 5) is 7.10. The summed E-state index contributed by atoms with van der Waals surface area (Å²) in [7, 11) is 0. The Morgan fingerprint density at radius 2 is 1.74 bits per heavy atom. The molecule has 0 bridgehead atoms. The molecule has 2 aromatic heterocycles. The van der Waals surface area contributed by atoms with Crippen molar-refractivity contribution in [1.29, 1.82) is 0 Å². The third-order valence-corrected chi connectivity index (χ3v) is 4.21. The van der Waals surface area contributed by atoms with Gasteiger partial charge in [0.15, 0.2) is 0 Å². The van der Waals surface area contributed by atoms with E-state index in [-0.39, 0.29) is 0 Å². The highest BCUT2D eigenvalue weighted by Crippen LogP contribution is 2.31. The second-order valence-electron chi connectivity index (χ2n) is 6.14. The molecule has 0 atom stereocenters. The van der Waals surface area contributed by atoms with E-state index in [1.807, 2.05) is 54.6 Å². The lowest BCUT2D eigenvalue weighted by Gasteiger charge is -2.06. The van der Waals surface area contributed by atoms with Gasteiger partial charge in [0.1, 0.15) is 12.4 Å². The summed E-state index contributed by atoms with van der Waals surface area (Å²) in [5.41, 5.74) is 2.27. The van der Waals surface area contributed by atoms with Crippen LogP contribution in [-0.2, 0) is 12.8 Å². The Balaban J connectivity index is 1.55. The Morgan fingerprint density at radius 3 is 2.44 bits per heavy atom. The summed E-state index contributed by atoms with van der Waals surface area (Å²) in [6.07, 6.45) is -3.55. The summed E-state index contributed by atoms with van der Waals surface area (Å²) in [5.74, 6) is 0.720. The van der Waals surface area contributed by atoms with Crippen LogP contribution in [0.2, 0.25) is 0 Å². The summed E-state index contributed by atoms with van der Waals surface area (Å²) < 4.78 is 43.8. The second-order valence-corrected chi connectivity index (χ2v) is 6.14. The molecule has 0 spiro atoms. The molecule has 2 heterocycles. The molecule has 6 heteroatoms. The number of benzene rings is 2. The number of fused-ring (bicyclic) bond motifs is 1. The van der Waals surface area contributed by atoms with E-state index in [4.69, 9.17) is 4.74 Å². The van der Waals surface area contributed by atoms with Gasteiger partial charge in [-0.3, -0.25) is 4.98 Å². The molecule has 0 aliphatic carbocycles. The highest BCUT2D eigenvalue weighted by molar-refractivity contribution is 5.86. The van der Waals surface area contributed by atoms with Crippen LogP contribution in [0, 0.1) is 0 Å². The number of hydrogen-bond acceptors (Lipinski definition) is 2. The third-order valence-electron chi connectivity index (χ3n) is 4.21. The zero-order chi connectivity index (χ0) is 18.9. The number of hydrogen-bond donors (Lipinski definition) is 1. The normalized spacial score (nSPS) is 11.7. The fourth-order valence-electron chi connectivity index (χ4n) is 2.80. The van der Waals surface area contributed by atoms with Gasteiger partial charge in [0, 0.05) is 17.1 Å². The molecular formula is C21H15F3N2O. The average Bonchev–Trinajstić information content (AvgIpc) is 3.10. The maximum absolute atomic E-state index is 12.7. The van der Waals surface area contributed by atoms with Gasteiger partial charge in [-0.05, 0) is 42.0 Å². The number of aromatic nitrogens is 2. The first-order valence-corrected chi connectivity index (χ1v) is 8.32. The van der Waals surface area contributed by atoms with Gasteiger partial charge in [0.2, 0.25) is 0 Å². The van der Waals surface area contributed by atoms with Gasteiger partial charge in [-0.15, -0.1) is 0 Å². The molecular weight excluding hydrogens is 353 g/mol. The lowest BCUT2D eigenvalue weighted by atomic mass is 10.2. The van der Waals surface area contributed by atoms with E-state index >= 15 is 0 Å². The van der Waals surface area contributed by atoms with E-state index in [2.05, 4.69) is 9.97 Å². The van der Waals surface area contributed by atoms with Gasteiger partial charge >= 0.3 is 6.18 Å². The van der Waals surface area contributed by atoms with Gasteiger partial charge in [0.05, 0.1) is 17.0 Å². The maximum Gasteiger partial charge on any atom is 0.417 e. The minimum atomic E-state index is -4.39. The largest absolute Gasteiger partial charge is 0.489 e. The number of pyridine rings is 1. The Labute approximate surface area is 153 Å². The lowest BCUT2D eigenvalue weighted by molar-refractivity contribution is -0.137. The van der Waals surface area contributed by atoms with Gasteiger partial charge in [-0.1, -0.05) is 30.3 Å². The fourth-order valence-corrected chi connectivity index (χ4v) is 2.80. The molecule has 4 aromatic rings. The number of H-pyrrole nitrogens is 1. The zero-order valence-electron chi connectivity index (χ0n) is 14.1. The van der Waals surface area contributed by atoms with Crippen LogP contribution in [0.1, 0.15) is 11.1 Å². The van der Waals surface area contributed by atoms with Crippen molar-refractivity contribution in [1.82, 2.24) is 9.97 Å². The molecule has 27 heavy (non-hydrogen) atoms. The van der Waals surface area contributed by atoms with Crippen molar-refractivity contribution in [3.8, 4) is 17.1 Å². The van der Waals surface area contributed by atoms with Crippen LogP contribution in [0.25, 0.3) is 22.3 Å². The zero-order valence-corrected chi connectivity index (χ0v) is 14.1. The van der Waals surface area contributed by atoms with Gasteiger partial charge < -0.3 is 9.72 Å². The molecule has 0 fully saturated rings. The van der Waals surface area contributed by atoms with Crippen LogP contribution in [0.5, 0.6) is 5.75 Å². The molecule has 0 aliphatic rings. The molecule has 0 saturated carbocycles. The minimum absolute atomic E-state index is 0.450. The Bertz CT molecular complexity index is 1050. The second kappa shape index (κ2) is 6.79. The van der Waals surface area contributed by atoms with Gasteiger partial charge in [-0.25, -0.2) is 0 Å². The monoisotopic (exact) mass is 368 g/mol. The quantitative estimate of drug-likeness (QED) is 0.492. The van der Waals surface area contributed by atoms with Crippen molar-refractivity contribution in [2.45, 2.75) is 12.8 Å². The van der Waals surface area contributed by atoms with Crippen molar-refractivity contribution in [2.75, 3.05) is 0 Å². The molecule has 2 aromatic carbocycles. The molecule has 0 saturated heterocycles. The van der Waals surface area contributed by atoms with Gasteiger partial charge in [0.25, 0.3) is 0 Å². The minimum Gasteiger partial charge on any atom is -0.489 e. The van der Waals surface area contributed by atoms with E-state index < -0.39 is 11.7 Å². The van der Waals surface area contributed by atoms with Crippen molar-refractivity contribution in [3.63, 3.8) is 0 Å². The van der Waals surface area contributed by atoms with Crippen molar-refractivity contribution >= 4 is 10.9 Å². The molecule has 136 valence electrons. The Morgan fingerprint density at radius 1 is 0.926 bits per heavy atom. The van der Waals surface area contributed by atoms with E-state index in [0.717, 1.165) is 34.5 Å². The van der Waals surface area contributed by atoms with Crippen LogP contribution in [0.4, 0.5) is 13.2 Å². The highest BCUT2D eigenvalue weighted by atomic mass is 19.4. The number of nitrogens with zero attached hydrogens (tertiary/aromatic N) is 1. The van der Waals surface area contributed by atoms with Crippen LogP contribution >= 0.6 is 0 Å². The Hall–Kier alpha value is -3.28. The summed E-state index contributed by atoms with van der Waals surface area (Å²) in [6, 6.07) is 19.7. The first-order valence-electron chi connectivity index (χ1n) is 8.32. The fraction of sp³-hybridized carbons (Fsp3) is 0.0952. The molecule has 0 amide bonds. The molecule has 1 N–H and O–H groups in total. The van der Waals surface area contributed by atoms with E-state index in [1.165, 1.54) is 6.07 Å². The molecule has 0 unspecified atom stereocenters. The first kappa shape index (κ1) is 17.1. The van der Waals surface area contributed by atoms with Crippen molar-refractivity contribution in [3.05, 3.63) is 84.1 Å². The number of halogens is 3. The van der Waals surface area contributed by atoms with Crippen LogP contribution in [0.3, 0.4) is 0 Å². The predicted molar refractivity (Wildman–Crippen MR) is 97.3 cm³/mol. The highest BCUT2D eigenvalue weighted by Gasteiger charge is 2.30. The predicted octanol–water partition coefficient (Wildman–Crippen LogP) is 5.83. The molecule has 4 rings (SSSR count). The van der Waals surface area contributed by atoms with Crippen molar-refractivity contribution in [2.24, 2.45) is 0 Å². The topological polar surface area (TPSA) is 37.9 Å². The van der Waals surface area contributed by atoms with E-state index in [9.17, 15) is 13.2 Å². The first-order chi connectivity index (χ1) is 13.0. The maximum atomic E-state index is 12.7. The van der Waals surface area contributed by atoms with Crippen LogP contribution in [-0.4, -0.2) is 9.97 Å². The smallest absolute Gasteiger partial charge is 0.417 e. The summed E-state index contributed by atoms with van der Waals surface area (Å²) in [5, 5.41) is 0.900. The number of aromatic amines is 1. The molecule has 3 nitrogen and oxygen atoms in total. The van der Waals surface area contributed by atoms with E-state index in [1.54, 1.807) is 0 Å². The van der Waals surface area contributed by atoms with E-state index in [0.29, 0.717) is 18.0 Å². The third kappa shape index (κ3) is 3.79. The van der Waals surface area contributed by atoms with Gasteiger partial charge in [-0.2, -0.15) is 13.2 Å². The van der Waals surface area contributed by atoms with Crippen LogP contribution in [0.15, 0.2) is 72.9 Å². The summed E-state index contributed by atoms with van der Waals surface area (Å²) >= 11 is 0. The lowest BCUT2D eigenvalue weighted by Crippen LogP contribution is -2.05. The number of ether oxygens (including phenoxy) is 1. The molecule has 0 aliphatic heterocycles. The SMILES string of the molecule is FC(F)(F)c1ccc(-c2cc3cc(OCc4ccccc4)ccc3[nH]2)nc1. The number of nitrogens with one attached hydrogen (secondary N) is 1. The Kier molecular flexibility index (Phi) is 4.32. The number of alkyl halides is 3. The van der Waals surface area contributed by atoms with Crippen molar-refractivity contribution < 1.29 is 17.9 Å². The standard InChI is InChI=1S/C21H15F3N2O/c22-21(23,24)16-6-8-19(25-12-16)20-11-15-10-17(7-9-18(15)26-20)27-13-14-4-2-1-3-5-14/h1-12,26H,13H2. The van der Waals surface area contributed by atoms with Crippen LogP contribution < -0.4 is 4.74 Å².